The summed E-state index contributed by atoms with van der Waals surface area (Å²) in [6, 6.07) is 3.96. The van der Waals surface area contributed by atoms with Gasteiger partial charge in [0.15, 0.2) is 0 Å². The van der Waals surface area contributed by atoms with Crippen LogP contribution in [-0.4, -0.2) is 13.6 Å². The third-order valence-corrected chi connectivity index (χ3v) is 2.79. The molecule has 102 valence electrons. The second-order valence-corrected chi connectivity index (χ2v) is 4.98. The van der Waals surface area contributed by atoms with E-state index in [-0.39, 0.29) is 56.9 Å². The predicted octanol–water partition coefficient (Wildman–Crippen LogP) is 0.868. The molecule has 0 radical (unpaired) electrons. The van der Waals surface area contributed by atoms with Crippen molar-refractivity contribution in [1.29, 1.82) is 0 Å². The Labute approximate surface area is 155 Å². The molecule has 0 amide bonds. The molecular weight excluding hydrogens is 279 g/mol. The molecule has 1 aromatic carbocycles. The van der Waals surface area contributed by atoms with E-state index in [4.69, 9.17) is 4.74 Å². The van der Waals surface area contributed by atoms with E-state index in [0.717, 1.165) is 18.9 Å². The molecule has 0 heterocycles. The average Bonchev–Trinajstić information content (AvgIpc) is 2.22. The second kappa shape index (κ2) is 8.72. The van der Waals surface area contributed by atoms with E-state index in [1.165, 1.54) is 19.1 Å². The number of rotatable bonds is 6. The van der Waals surface area contributed by atoms with Gasteiger partial charge in [-0.05, 0) is 37.8 Å². The molecule has 1 aromatic rings. The summed E-state index contributed by atoms with van der Waals surface area (Å²) in [5.41, 5.74) is -0.312. The topological polar surface area (TPSA) is 9.23 Å². The summed E-state index contributed by atoms with van der Waals surface area (Å²) in [7, 11) is 0. The molecule has 19 heavy (non-hydrogen) atoms. The van der Waals surface area contributed by atoms with E-state index in [0.29, 0.717) is 18.3 Å². The zero-order valence-corrected chi connectivity index (χ0v) is 15.2. The number of hydrogen-bond acceptors (Lipinski definition) is 1. The summed E-state index contributed by atoms with van der Waals surface area (Å²) >= 11 is 0. The molecule has 0 saturated heterocycles. The Bertz CT molecular complexity index is 394. The van der Waals surface area contributed by atoms with Gasteiger partial charge in [0.25, 0.3) is 0 Å². The van der Waals surface area contributed by atoms with Crippen molar-refractivity contribution in [2.24, 2.45) is 5.92 Å². The first kappa shape index (κ1) is 19.5. The maximum atomic E-state index is 12.6. The van der Waals surface area contributed by atoms with E-state index in [2.05, 4.69) is 13.8 Å². The molecule has 0 aromatic heterocycles. The summed E-state index contributed by atoms with van der Waals surface area (Å²) < 4.78 is 43.2. The van der Waals surface area contributed by atoms with Gasteiger partial charge in [0, 0.05) is 0 Å². The van der Waals surface area contributed by atoms with Crippen LogP contribution in [0.2, 0.25) is 0 Å². The SMILES string of the molecule is Cc1cc(OCCCC(C)C)ccc1[B-](F)(F)F.[K+]. The van der Waals surface area contributed by atoms with Crippen LogP contribution in [0.5, 0.6) is 5.75 Å². The van der Waals surface area contributed by atoms with Crippen LogP contribution in [0.1, 0.15) is 32.3 Å². The zero-order valence-electron chi connectivity index (χ0n) is 12.1. The molecule has 1 rings (SSSR count). The van der Waals surface area contributed by atoms with Crippen LogP contribution in [0.4, 0.5) is 12.9 Å². The molecule has 0 N–H and O–H groups in total. The minimum atomic E-state index is -4.93. The molecule has 0 aliphatic rings. The predicted molar refractivity (Wildman–Crippen MR) is 69.5 cm³/mol. The van der Waals surface area contributed by atoms with Crippen molar-refractivity contribution >= 4 is 12.4 Å². The monoisotopic (exact) mass is 298 g/mol. The first-order valence-electron chi connectivity index (χ1n) is 6.24. The van der Waals surface area contributed by atoms with Crippen LogP contribution in [0.3, 0.4) is 0 Å². The maximum absolute atomic E-state index is 12.6. The van der Waals surface area contributed by atoms with Gasteiger partial charge in [0.05, 0.1) is 6.61 Å². The molecule has 0 aliphatic heterocycles. The first-order valence-corrected chi connectivity index (χ1v) is 6.24. The summed E-state index contributed by atoms with van der Waals surface area (Å²) in [6.45, 7) is 1.34. The fourth-order valence-corrected chi connectivity index (χ4v) is 1.79. The standard InChI is InChI=1S/C13H19BF3O.K/c1-10(2)5-4-8-18-12-6-7-13(11(3)9-12)14(15,16)17;/h6-7,9-10H,4-5,8H2,1-3H3;/q-1;+1. The first-order chi connectivity index (χ1) is 8.30. The maximum Gasteiger partial charge on any atom is 1.00 e. The Morgan fingerprint density at radius 3 is 2.32 bits per heavy atom. The van der Waals surface area contributed by atoms with E-state index >= 15 is 0 Å². The fourth-order valence-electron chi connectivity index (χ4n) is 1.79. The van der Waals surface area contributed by atoms with Crippen LogP contribution in [0.25, 0.3) is 0 Å². The van der Waals surface area contributed by atoms with Gasteiger partial charge in [-0.2, -0.15) is 0 Å². The number of halogens is 3. The Kier molecular flexibility index (Phi) is 8.96. The molecule has 0 unspecified atom stereocenters. The van der Waals surface area contributed by atoms with Crippen LogP contribution in [0.15, 0.2) is 18.2 Å². The van der Waals surface area contributed by atoms with Crippen molar-refractivity contribution < 1.29 is 69.1 Å². The Balaban J connectivity index is 0.00000324. The summed E-state index contributed by atoms with van der Waals surface area (Å²) in [6.07, 6.45) is 1.98. The molecule has 1 nitrogen and oxygen atoms in total. The van der Waals surface area contributed by atoms with Gasteiger partial charge >= 0.3 is 58.4 Å². The third kappa shape index (κ3) is 7.18. The van der Waals surface area contributed by atoms with Gasteiger partial charge in [0.1, 0.15) is 5.75 Å². The summed E-state index contributed by atoms with van der Waals surface area (Å²) in [5.74, 6) is 1.13. The van der Waals surface area contributed by atoms with E-state index in [1.807, 2.05) is 0 Å². The minimum absolute atomic E-state index is 0. The Morgan fingerprint density at radius 2 is 1.84 bits per heavy atom. The van der Waals surface area contributed by atoms with Gasteiger partial charge in [0.2, 0.25) is 0 Å². The second-order valence-electron chi connectivity index (χ2n) is 4.98. The Hall–Kier alpha value is 0.511. The van der Waals surface area contributed by atoms with Gasteiger partial charge in [-0.25, -0.2) is 0 Å². The molecule has 0 fully saturated rings. The van der Waals surface area contributed by atoms with Crippen molar-refractivity contribution in [1.82, 2.24) is 0 Å². The Morgan fingerprint density at radius 1 is 1.21 bits per heavy atom. The number of aryl methyl sites for hydroxylation is 1. The van der Waals surface area contributed by atoms with Crippen molar-refractivity contribution in [2.75, 3.05) is 6.61 Å². The quantitative estimate of drug-likeness (QED) is 0.559. The van der Waals surface area contributed by atoms with E-state index in [1.54, 1.807) is 0 Å². The van der Waals surface area contributed by atoms with Crippen molar-refractivity contribution in [3.63, 3.8) is 0 Å². The minimum Gasteiger partial charge on any atom is -0.494 e. The fraction of sp³-hybridized carbons (Fsp3) is 0.538. The van der Waals surface area contributed by atoms with Gasteiger partial charge in [-0.15, -0.1) is 5.46 Å². The molecule has 0 spiro atoms. The summed E-state index contributed by atoms with van der Waals surface area (Å²) in [4.78, 5) is 0. The summed E-state index contributed by atoms with van der Waals surface area (Å²) in [5, 5.41) is 0. The molecular formula is C13H19BF3KO. The molecule has 0 aliphatic carbocycles. The number of ether oxygens (including phenoxy) is 1. The van der Waals surface area contributed by atoms with Gasteiger partial charge < -0.3 is 17.7 Å². The average molecular weight is 298 g/mol. The van der Waals surface area contributed by atoms with Crippen LogP contribution in [-0.2, 0) is 0 Å². The third-order valence-electron chi connectivity index (χ3n) is 2.79. The van der Waals surface area contributed by atoms with E-state index in [9.17, 15) is 12.9 Å². The smallest absolute Gasteiger partial charge is 0.494 e. The van der Waals surface area contributed by atoms with Crippen LogP contribution in [0, 0.1) is 12.8 Å². The number of hydrogen-bond donors (Lipinski definition) is 0. The van der Waals surface area contributed by atoms with Crippen LogP contribution >= 0.6 is 0 Å². The van der Waals surface area contributed by atoms with Crippen molar-refractivity contribution in [3.8, 4) is 5.75 Å². The normalized spacial score (nSPS) is 11.3. The van der Waals surface area contributed by atoms with Crippen LogP contribution < -0.4 is 61.6 Å². The molecule has 0 bridgehead atoms. The molecule has 0 saturated carbocycles. The van der Waals surface area contributed by atoms with Crippen molar-refractivity contribution in [2.45, 2.75) is 33.6 Å². The zero-order chi connectivity index (χ0) is 13.8. The number of benzene rings is 1. The van der Waals surface area contributed by atoms with Gasteiger partial charge in [-0.1, -0.05) is 25.5 Å². The molecule has 0 atom stereocenters. The largest absolute Gasteiger partial charge is 1.00 e. The molecule has 6 heteroatoms. The van der Waals surface area contributed by atoms with Crippen molar-refractivity contribution in [3.05, 3.63) is 23.8 Å². The van der Waals surface area contributed by atoms with E-state index < -0.39 is 12.4 Å². The van der Waals surface area contributed by atoms with Gasteiger partial charge in [-0.3, -0.25) is 0 Å².